The van der Waals surface area contributed by atoms with Crippen LogP contribution in [0.15, 0.2) is 18.2 Å². The fraction of sp³-hybridized carbons (Fsp3) is 0.583. The molecule has 0 amide bonds. The molecule has 0 spiro atoms. The molecule has 0 aliphatic heterocycles. The Bertz CT molecular complexity index is 267. The Labute approximate surface area is 86.8 Å². The van der Waals surface area contributed by atoms with Gasteiger partial charge in [0, 0.05) is 18.3 Å². The molecule has 2 heteroatoms. The Kier molecular flexibility index (Phi) is 4.60. The van der Waals surface area contributed by atoms with Crippen molar-refractivity contribution in [1.29, 1.82) is 0 Å². The molecule has 2 nitrogen and oxygen atoms in total. The van der Waals surface area contributed by atoms with Crippen LogP contribution in [0.3, 0.4) is 0 Å². The third-order valence-corrected chi connectivity index (χ3v) is 2.50. The largest absolute Gasteiger partial charge is 0.308 e. The standard InChI is InChI=1S/C12H20N2/c1-4-11(5-2)13-9-12-8-6-7-10(3)14-12/h6-8,11,13H,4-5,9H2,1-3H3. The normalized spacial score (nSPS) is 10.9. The molecule has 0 bridgehead atoms. The highest BCUT2D eigenvalue weighted by Crippen LogP contribution is 2.01. The van der Waals surface area contributed by atoms with Crippen LogP contribution in [0.25, 0.3) is 0 Å². The van der Waals surface area contributed by atoms with E-state index in [1.165, 1.54) is 12.8 Å². The van der Waals surface area contributed by atoms with Crippen molar-refractivity contribution in [3.05, 3.63) is 29.6 Å². The summed E-state index contributed by atoms with van der Waals surface area (Å²) in [5, 5.41) is 3.50. The summed E-state index contributed by atoms with van der Waals surface area (Å²) in [6.07, 6.45) is 2.37. The summed E-state index contributed by atoms with van der Waals surface area (Å²) in [5.41, 5.74) is 2.23. The molecule has 78 valence electrons. The van der Waals surface area contributed by atoms with Gasteiger partial charge in [-0.25, -0.2) is 0 Å². The first kappa shape index (κ1) is 11.2. The third kappa shape index (κ3) is 3.46. The number of nitrogens with zero attached hydrogens (tertiary/aromatic N) is 1. The molecular weight excluding hydrogens is 172 g/mol. The molecular formula is C12H20N2. The Morgan fingerprint density at radius 3 is 2.57 bits per heavy atom. The van der Waals surface area contributed by atoms with Crippen molar-refractivity contribution in [3.63, 3.8) is 0 Å². The van der Waals surface area contributed by atoms with Crippen LogP contribution in [0.4, 0.5) is 0 Å². The molecule has 0 saturated heterocycles. The van der Waals surface area contributed by atoms with E-state index in [9.17, 15) is 0 Å². The Morgan fingerprint density at radius 1 is 1.29 bits per heavy atom. The van der Waals surface area contributed by atoms with E-state index in [0.717, 1.165) is 17.9 Å². The monoisotopic (exact) mass is 192 g/mol. The van der Waals surface area contributed by atoms with Crippen molar-refractivity contribution >= 4 is 0 Å². The van der Waals surface area contributed by atoms with Gasteiger partial charge in [0.25, 0.3) is 0 Å². The molecule has 14 heavy (non-hydrogen) atoms. The third-order valence-electron chi connectivity index (χ3n) is 2.50. The van der Waals surface area contributed by atoms with Crippen LogP contribution in [0.5, 0.6) is 0 Å². The molecule has 0 aliphatic carbocycles. The maximum Gasteiger partial charge on any atom is 0.0544 e. The van der Waals surface area contributed by atoms with Crippen molar-refractivity contribution in [2.45, 2.75) is 46.2 Å². The number of pyridine rings is 1. The van der Waals surface area contributed by atoms with E-state index in [4.69, 9.17) is 0 Å². The zero-order valence-electron chi connectivity index (χ0n) is 9.38. The van der Waals surface area contributed by atoms with E-state index in [1.54, 1.807) is 0 Å². The SMILES string of the molecule is CCC(CC)NCc1cccc(C)n1. The molecule has 0 fully saturated rings. The molecule has 1 heterocycles. The maximum atomic E-state index is 4.45. The van der Waals surface area contributed by atoms with Crippen LogP contribution in [0.1, 0.15) is 38.1 Å². The van der Waals surface area contributed by atoms with Gasteiger partial charge < -0.3 is 5.32 Å². The topological polar surface area (TPSA) is 24.9 Å². The average Bonchev–Trinajstić information content (AvgIpc) is 2.19. The second kappa shape index (κ2) is 5.76. The zero-order valence-corrected chi connectivity index (χ0v) is 9.38. The van der Waals surface area contributed by atoms with Crippen LogP contribution in [-0.4, -0.2) is 11.0 Å². The van der Waals surface area contributed by atoms with Crippen LogP contribution in [0.2, 0.25) is 0 Å². The van der Waals surface area contributed by atoms with E-state index in [-0.39, 0.29) is 0 Å². The quantitative estimate of drug-likeness (QED) is 0.775. The molecule has 0 aromatic carbocycles. The summed E-state index contributed by atoms with van der Waals surface area (Å²) in [4.78, 5) is 4.45. The van der Waals surface area contributed by atoms with Gasteiger partial charge in [-0.2, -0.15) is 0 Å². The van der Waals surface area contributed by atoms with Crippen molar-refractivity contribution < 1.29 is 0 Å². The lowest BCUT2D eigenvalue weighted by Gasteiger charge is -2.14. The predicted octanol–water partition coefficient (Wildman–Crippen LogP) is 2.67. The minimum atomic E-state index is 0.623. The zero-order chi connectivity index (χ0) is 10.4. The molecule has 1 aromatic rings. The lowest BCUT2D eigenvalue weighted by Crippen LogP contribution is -2.27. The van der Waals surface area contributed by atoms with Crippen molar-refractivity contribution in [2.24, 2.45) is 0 Å². The number of hydrogen-bond acceptors (Lipinski definition) is 2. The number of aromatic nitrogens is 1. The molecule has 0 unspecified atom stereocenters. The Balaban J connectivity index is 2.44. The molecule has 1 rings (SSSR count). The van der Waals surface area contributed by atoms with Gasteiger partial charge in [0.1, 0.15) is 0 Å². The van der Waals surface area contributed by atoms with Gasteiger partial charge in [-0.3, -0.25) is 4.98 Å². The Hall–Kier alpha value is -0.890. The molecule has 0 radical (unpaired) electrons. The minimum Gasteiger partial charge on any atom is -0.308 e. The van der Waals surface area contributed by atoms with Crippen molar-refractivity contribution in [3.8, 4) is 0 Å². The number of hydrogen-bond donors (Lipinski definition) is 1. The second-order valence-electron chi connectivity index (χ2n) is 3.66. The summed E-state index contributed by atoms with van der Waals surface area (Å²) in [5.74, 6) is 0. The number of aryl methyl sites for hydroxylation is 1. The average molecular weight is 192 g/mol. The Morgan fingerprint density at radius 2 is 2.00 bits per heavy atom. The fourth-order valence-electron chi connectivity index (χ4n) is 1.52. The van der Waals surface area contributed by atoms with Crippen LogP contribution < -0.4 is 5.32 Å². The summed E-state index contributed by atoms with van der Waals surface area (Å²) in [6, 6.07) is 6.78. The van der Waals surface area contributed by atoms with Crippen LogP contribution in [0, 0.1) is 6.92 Å². The van der Waals surface area contributed by atoms with Gasteiger partial charge in [-0.05, 0) is 31.9 Å². The van der Waals surface area contributed by atoms with Crippen molar-refractivity contribution in [2.75, 3.05) is 0 Å². The minimum absolute atomic E-state index is 0.623. The predicted molar refractivity (Wildman–Crippen MR) is 60.2 cm³/mol. The molecule has 1 aromatic heterocycles. The van der Waals surface area contributed by atoms with Gasteiger partial charge >= 0.3 is 0 Å². The second-order valence-corrected chi connectivity index (χ2v) is 3.66. The summed E-state index contributed by atoms with van der Waals surface area (Å²) >= 11 is 0. The highest BCUT2D eigenvalue weighted by atomic mass is 14.9. The lowest BCUT2D eigenvalue weighted by molar-refractivity contribution is 0.480. The van der Waals surface area contributed by atoms with Gasteiger partial charge in [-0.15, -0.1) is 0 Å². The highest BCUT2D eigenvalue weighted by molar-refractivity contribution is 5.09. The van der Waals surface area contributed by atoms with E-state index in [1.807, 2.05) is 13.0 Å². The molecule has 0 atom stereocenters. The van der Waals surface area contributed by atoms with Crippen LogP contribution >= 0.6 is 0 Å². The summed E-state index contributed by atoms with van der Waals surface area (Å²) in [6.45, 7) is 7.34. The van der Waals surface area contributed by atoms with E-state index < -0.39 is 0 Å². The first-order valence-corrected chi connectivity index (χ1v) is 5.42. The van der Waals surface area contributed by atoms with Crippen LogP contribution in [-0.2, 0) is 6.54 Å². The number of nitrogens with one attached hydrogen (secondary N) is 1. The van der Waals surface area contributed by atoms with E-state index >= 15 is 0 Å². The molecule has 0 aliphatic rings. The van der Waals surface area contributed by atoms with E-state index in [0.29, 0.717) is 6.04 Å². The first-order valence-electron chi connectivity index (χ1n) is 5.42. The van der Waals surface area contributed by atoms with Gasteiger partial charge in [0.05, 0.1) is 5.69 Å². The van der Waals surface area contributed by atoms with Gasteiger partial charge in [-0.1, -0.05) is 19.9 Å². The summed E-state index contributed by atoms with van der Waals surface area (Å²) in [7, 11) is 0. The van der Waals surface area contributed by atoms with E-state index in [2.05, 4.69) is 36.3 Å². The van der Waals surface area contributed by atoms with Crippen molar-refractivity contribution in [1.82, 2.24) is 10.3 Å². The molecule has 1 N–H and O–H groups in total. The maximum absolute atomic E-state index is 4.45. The lowest BCUT2D eigenvalue weighted by atomic mass is 10.1. The fourth-order valence-corrected chi connectivity index (χ4v) is 1.52. The summed E-state index contributed by atoms with van der Waals surface area (Å²) < 4.78 is 0. The smallest absolute Gasteiger partial charge is 0.0544 e. The van der Waals surface area contributed by atoms with Gasteiger partial charge in [0.2, 0.25) is 0 Å². The highest BCUT2D eigenvalue weighted by Gasteiger charge is 2.02. The number of rotatable bonds is 5. The molecule has 0 saturated carbocycles. The first-order chi connectivity index (χ1) is 6.76. The van der Waals surface area contributed by atoms with Gasteiger partial charge in [0.15, 0.2) is 0 Å².